The summed E-state index contributed by atoms with van der Waals surface area (Å²) in [6, 6.07) is 75.5. The normalized spacial score (nSPS) is 12.3. The van der Waals surface area contributed by atoms with Crippen LogP contribution in [0.1, 0.15) is 0 Å². The summed E-state index contributed by atoms with van der Waals surface area (Å²) in [4.78, 5) is 0. The molecular formula is C58H34N2O. The fraction of sp³-hybridized carbons (Fsp3) is 0. The van der Waals surface area contributed by atoms with E-state index in [1.807, 2.05) is 0 Å². The number of rotatable bonds is 4. The van der Waals surface area contributed by atoms with Gasteiger partial charge in [-0.1, -0.05) is 146 Å². The minimum atomic E-state index is 0.898. The highest BCUT2D eigenvalue weighted by molar-refractivity contribution is 6.33. The maximum atomic E-state index is 6.56. The lowest BCUT2D eigenvalue weighted by Gasteiger charge is -2.19. The van der Waals surface area contributed by atoms with Gasteiger partial charge in [-0.15, -0.1) is 0 Å². The van der Waals surface area contributed by atoms with Crippen LogP contribution in [0.3, 0.4) is 0 Å². The molecule has 0 aliphatic rings. The second-order valence-corrected chi connectivity index (χ2v) is 16.4. The average molecular weight is 775 g/mol. The summed E-state index contributed by atoms with van der Waals surface area (Å²) in [5.41, 5.74) is 13.6. The van der Waals surface area contributed by atoms with Crippen molar-refractivity contribution in [2.24, 2.45) is 0 Å². The number of furan rings is 1. The summed E-state index contributed by atoms with van der Waals surface area (Å²) in [5, 5.41) is 14.9. The van der Waals surface area contributed by atoms with Crippen LogP contribution in [0.5, 0.6) is 0 Å². The zero-order valence-corrected chi connectivity index (χ0v) is 32.9. The van der Waals surface area contributed by atoms with Gasteiger partial charge in [0.15, 0.2) is 0 Å². The lowest BCUT2D eigenvalue weighted by atomic mass is 9.91. The first kappa shape index (κ1) is 32.8. The van der Waals surface area contributed by atoms with Gasteiger partial charge in [-0.2, -0.15) is 0 Å². The molecule has 3 heteroatoms. The fourth-order valence-electron chi connectivity index (χ4n) is 10.6. The quantitative estimate of drug-likeness (QED) is 0.163. The molecule has 0 radical (unpaired) electrons. The SMILES string of the molecule is c1ccc(-c2cccc3c2oc2ccc(-c4ccc5c(c4)c4ccccc4n5-c4cc5cccc6ccc7c(c4cc4c8ccccc8n(-c8ccccc8)c47)c65)cc23)cc1. The third-order valence-electron chi connectivity index (χ3n) is 13.2. The van der Waals surface area contributed by atoms with Gasteiger partial charge in [-0.3, -0.25) is 0 Å². The van der Waals surface area contributed by atoms with E-state index in [4.69, 9.17) is 4.42 Å². The summed E-state index contributed by atoms with van der Waals surface area (Å²) < 4.78 is 11.5. The molecule has 282 valence electrons. The van der Waals surface area contributed by atoms with Crippen molar-refractivity contribution in [3.63, 3.8) is 0 Å². The minimum absolute atomic E-state index is 0.898. The zero-order valence-electron chi connectivity index (χ0n) is 32.9. The molecule has 3 heterocycles. The number of hydrogen-bond donors (Lipinski definition) is 0. The maximum absolute atomic E-state index is 6.56. The van der Waals surface area contributed by atoms with Crippen molar-refractivity contribution < 1.29 is 4.42 Å². The van der Waals surface area contributed by atoms with Crippen LogP contribution in [0.25, 0.3) is 131 Å². The molecule has 3 aromatic heterocycles. The highest BCUT2D eigenvalue weighted by Gasteiger charge is 2.23. The van der Waals surface area contributed by atoms with Crippen LogP contribution < -0.4 is 0 Å². The summed E-state index contributed by atoms with van der Waals surface area (Å²) in [5.74, 6) is 0. The molecule has 0 fully saturated rings. The van der Waals surface area contributed by atoms with Crippen LogP contribution in [0.4, 0.5) is 0 Å². The molecule has 0 aliphatic heterocycles. The third kappa shape index (κ3) is 4.52. The second kappa shape index (κ2) is 12.2. The molecule has 14 rings (SSSR count). The van der Waals surface area contributed by atoms with Gasteiger partial charge in [0.1, 0.15) is 11.2 Å². The fourth-order valence-corrected chi connectivity index (χ4v) is 10.6. The van der Waals surface area contributed by atoms with Crippen molar-refractivity contribution in [1.82, 2.24) is 9.13 Å². The summed E-state index contributed by atoms with van der Waals surface area (Å²) in [7, 11) is 0. The van der Waals surface area contributed by atoms with E-state index in [0.717, 1.165) is 33.1 Å². The average Bonchev–Trinajstić information content (AvgIpc) is 3.98. The Kier molecular flexibility index (Phi) is 6.56. The molecule has 3 nitrogen and oxygen atoms in total. The van der Waals surface area contributed by atoms with Crippen molar-refractivity contribution >= 4 is 97.9 Å². The Morgan fingerprint density at radius 1 is 0.328 bits per heavy atom. The van der Waals surface area contributed by atoms with Crippen molar-refractivity contribution in [3.8, 4) is 33.6 Å². The smallest absolute Gasteiger partial charge is 0.143 e. The predicted octanol–water partition coefficient (Wildman–Crippen LogP) is 16.0. The molecule has 0 amide bonds. The van der Waals surface area contributed by atoms with E-state index in [1.54, 1.807) is 0 Å². The van der Waals surface area contributed by atoms with E-state index in [2.05, 4.69) is 215 Å². The lowest BCUT2D eigenvalue weighted by Crippen LogP contribution is -1.99. The largest absolute Gasteiger partial charge is 0.455 e. The molecular weight excluding hydrogens is 741 g/mol. The van der Waals surface area contributed by atoms with E-state index >= 15 is 0 Å². The standard InChI is InChI=1S/C58H34N2O/c1-3-13-35(14-4-1)41-21-12-22-44-47-32-38(27-30-54(47)61-58(41)44)37-26-29-52-46(31-37)42-19-7-10-24-51(42)60(52)53-33-39-16-11-15-36-25-28-45-56(55(36)39)49(53)34-48-43-20-8-9-23-50(43)59(57(45)48)40-17-5-2-6-18-40/h1-34H. The second-order valence-electron chi connectivity index (χ2n) is 16.4. The van der Waals surface area contributed by atoms with Gasteiger partial charge in [0.2, 0.25) is 0 Å². The molecule has 0 bridgehead atoms. The molecule has 0 atom stereocenters. The van der Waals surface area contributed by atoms with Crippen molar-refractivity contribution in [3.05, 3.63) is 206 Å². The Labute approximate surface area is 349 Å². The number of aromatic nitrogens is 2. The Morgan fingerprint density at radius 2 is 0.984 bits per heavy atom. The van der Waals surface area contributed by atoms with Gasteiger partial charge >= 0.3 is 0 Å². The van der Waals surface area contributed by atoms with Gasteiger partial charge in [-0.05, 0) is 93.5 Å². The van der Waals surface area contributed by atoms with E-state index in [0.29, 0.717) is 0 Å². The lowest BCUT2D eigenvalue weighted by molar-refractivity contribution is 0.670. The summed E-state index contributed by atoms with van der Waals surface area (Å²) >= 11 is 0. The Hall–Kier alpha value is -8.14. The van der Waals surface area contributed by atoms with Crippen LogP contribution in [0, 0.1) is 0 Å². The van der Waals surface area contributed by atoms with Crippen LogP contribution in [-0.4, -0.2) is 9.13 Å². The number of benzene rings is 11. The Bertz CT molecular complexity index is 4090. The van der Waals surface area contributed by atoms with Gasteiger partial charge in [0, 0.05) is 59.7 Å². The van der Waals surface area contributed by atoms with Crippen molar-refractivity contribution in [2.45, 2.75) is 0 Å². The monoisotopic (exact) mass is 774 g/mol. The van der Waals surface area contributed by atoms with Crippen LogP contribution in [-0.2, 0) is 0 Å². The number of hydrogen-bond acceptors (Lipinski definition) is 1. The molecule has 0 spiro atoms. The third-order valence-corrected chi connectivity index (χ3v) is 13.2. The van der Waals surface area contributed by atoms with E-state index in [-0.39, 0.29) is 0 Å². The molecule has 0 aliphatic carbocycles. The van der Waals surface area contributed by atoms with Gasteiger partial charge in [0.25, 0.3) is 0 Å². The number of fused-ring (bicyclic) bond motifs is 10. The van der Waals surface area contributed by atoms with E-state index in [9.17, 15) is 0 Å². The number of para-hydroxylation sites is 4. The van der Waals surface area contributed by atoms with E-state index < -0.39 is 0 Å². The predicted molar refractivity (Wildman–Crippen MR) is 257 cm³/mol. The summed E-state index contributed by atoms with van der Waals surface area (Å²) in [6.07, 6.45) is 0. The first-order chi connectivity index (χ1) is 30.3. The van der Waals surface area contributed by atoms with Crippen LogP contribution >= 0.6 is 0 Å². The molecule has 14 aromatic rings. The maximum Gasteiger partial charge on any atom is 0.143 e. The topological polar surface area (TPSA) is 23.0 Å². The molecule has 0 saturated heterocycles. The minimum Gasteiger partial charge on any atom is -0.455 e. The summed E-state index contributed by atoms with van der Waals surface area (Å²) in [6.45, 7) is 0. The van der Waals surface area contributed by atoms with Gasteiger partial charge in [0.05, 0.1) is 27.8 Å². The Morgan fingerprint density at radius 3 is 1.82 bits per heavy atom. The van der Waals surface area contributed by atoms with Crippen LogP contribution in [0.15, 0.2) is 211 Å². The first-order valence-corrected chi connectivity index (χ1v) is 21.0. The van der Waals surface area contributed by atoms with Crippen LogP contribution in [0.2, 0.25) is 0 Å². The van der Waals surface area contributed by atoms with Crippen molar-refractivity contribution in [2.75, 3.05) is 0 Å². The molecule has 0 N–H and O–H groups in total. The highest BCUT2D eigenvalue weighted by Crippen LogP contribution is 2.47. The molecule has 11 aromatic carbocycles. The molecule has 61 heavy (non-hydrogen) atoms. The van der Waals surface area contributed by atoms with Gasteiger partial charge < -0.3 is 13.6 Å². The van der Waals surface area contributed by atoms with E-state index in [1.165, 1.54) is 98.4 Å². The zero-order chi connectivity index (χ0) is 39.8. The Balaban J connectivity index is 1.03. The van der Waals surface area contributed by atoms with Gasteiger partial charge in [-0.25, -0.2) is 0 Å². The number of nitrogens with zero attached hydrogens (tertiary/aromatic N) is 2. The molecule has 0 unspecified atom stereocenters. The molecule has 0 saturated carbocycles. The highest BCUT2D eigenvalue weighted by atomic mass is 16.3. The first-order valence-electron chi connectivity index (χ1n) is 21.0. The van der Waals surface area contributed by atoms with Crippen molar-refractivity contribution in [1.29, 1.82) is 0 Å².